The maximum absolute atomic E-state index is 13.8. The Hall–Kier alpha value is -2.90. The number of halogens is 4. The maximum Gasteiger partial charge on any atom is 0.256 e. The molecule has 27 heavy (non-hydrogen) atoms. The zero-order chi connectivity index (χ0) is 19.6. The monoisotopic (exact) mass is 380 g/mol. The lowest BCUT2D eigenvalue weighted by Crippen LogP contribution is -2.46. The lowest BCUT2D eigenvalue weighted by atomic mass is 10.0. The first-order chi connectivity index (χ1) is 12.9. The van der Waals surface area contributed by atoms with Gasteiger partial charge in [0.1, 0.15) is 5.82 Å². The van der Waals surface area contributed by atoms with E-state index < -0.39 is 40.6 Å². The second kappa shape index (κ2) is 7.77. The fourth-order valence-corrected chi connectivity index (χ4v) is 2.99. The molecule has 2 aromatic carbocycles. The summed E-state index contributed by atoms with van der Waals surface area (Å²) in [5.41, 5.74) is -0.339. The van der Waals surface area contributed by atoms with Crippen LogP contribution in [0.15, 0.2) is 36.4 Å². The Bertz CT molecular complexity index is 880. The van der Waals surface area contributed by atoms with Crippen LogP contribution < -0.4 is 5.32 Å². The van der Waals surface area contributed by atoms with Crippen molar-refractivity contribution in [2.45, 2.75) is 18.9 Å². The van der Waals surface area contributed by atoms with Gasteiger partial charge in [-0.05, 0) is 43.2 Å². The van der Waals surface area contributed by atoms with Gasteiger partial charge < -0.3 is 10.2 Å². The van der Waals surface area contributed by atoms with Gasteiger partial charge in [0, 0.05) is 24.7 Å². The molecule has 0 atom stereocenters. The van der Waals surface area contributed by atoms with E-state index in [4.69, 9.17) is 0 Å². The molecular formula is C19H16F4N2O2. The van der Waals surface area contributed by atoms with Gasteiger partial charge in [-0.2, -0.15) is 0 Å². The minimum atomic E-state index is -1.68. The van der Waals surface area contributed by atoms with Crippen molar-refractivity contribution in [2.24, 2.45) is 0 Å². The van der Waals surface area contributed by atoms with Crippen molar-refractivity contribution in [3.05, 3.63) is 70.8 Å². The van der Waals surface area contributed by atoms with Gasteiger partial charge in [-0.3, -0.25) is 9.59 Å². The van der Waals surface area contributed by atoms with E-state index in [0.717, 1.165) is 12.1 Å². The first-order valence-corrected chi connectivity index (χ1v) is 8.36. The van der Waals surface area contributed by atoms with E-state index in [9.17, 15) is 27.2 Å². The highest BCUT2D eigenvalue weighted by atomic mass is 19.2. The number of hydrogen-bond donors (Lipinski definition) is 1. The molecule has 1 aliphatic rings. The molecule has 0 radical (unpaired) electrons. The predicted molar refractivity (Wildman–Crippen MR) is 89.1 cm³/mol. The summed E-state index contributed by atoms with van der Waals surface area (Å²) in [6.07, 6.45) is 0.802. The summed E-state index contributed by atoms with van der Waals surface area (Å²) in [7, 11) is 0. The SMILES string of the molecule is O=C(NC1CCN(C(=O)c2ccc(F)c(F)c2F)CC1)c1cccc(F)c1. The van der Waals surface area contributed by atoms with Crippen molar-refractivity contribution < 1.29 is 27.2 Å². The number of hydrogen-bond acceptors (Lipinski definition) is 2. The van der Waals surface area contributed by atoms with Gasteiger partial charge in [0.05, 0.1) is 5.56 Å². The Morgan fingerprint density at radius 2 is 1.67 bits per heavy atom. The number of piperidine rings is 1. The van der Waals surface area contributed by atoms with Crippen LogP contribution in [0.4, 0.5) is 17.6 Å². The minimum absolute atomic E-state index is 0.192. The van der Waals surface area contributed by atoms with Crippen molar-refractivity contribution in [3.8, 4) is 0 Å². The zero-order valence-electron chi connectivity index (χ0n) is 14.1. The molecule has 1 N–H and O–H groups in total. The van der Waals surface area contributed by atoms with Gasteiger partial charge in [0.25, 0.3) is 11.8 Å². The summed E-state index contributed by atoms with van der Waals surface area (Å²) >= 11 is 0. The van der Waals surface area contributed by atoms with Crippen molar-refractivity contribution in [3.63, 3.8) is 0 Å². The molecule has 0 spiro atoms. The Morgan fingerprint density at radius 1 is 0.963 bits per heavy atom. The molecule has 0 bridgehead atoms. The topological polar surface area (TPSA) is 49.4 Å². The molecule has 2 aromatic rings. The third kappa shape index (κ3) is 4.10. The van der Waals surface area contributed by atoms with Crippen LogP contribution >= 0.6 is 0 Å². The van der Waals surface area contributed by atoms with Gasteiger partial charge in [-0.1, -0.05) is 6.07 Å². The molecule has 0 unspecified atom stereocenters. The van der Waals surface area contributed by atoms with E-state index in [1.807, 2.05) is 0 Å². The fraction of sp³-hybridized carbons (Fsp3) is 0.263. The summed E-state index contributed by atoms with van der Waals surface area (Å²) in [6, 6.07) is 6.66. The van der Waals surface area contributed by atoms with E-state index in [1.54, 1.807) is 0 Å². The number of carbonyl (C=O) groups is 2. The van der Waals surface area contributed by atoms with Gasteiger partial charge in [-0.25, -0.2) is 17.6 Å². The molecule has 4 nitrogen and oxygen atoms in total. The van der Waals surface area contributed by atoms with Gasteiger partial charge in [0.2, 0.25) is 0 Å². The van der Waals surface area contributed by atoms with Crippen LogP contribution in [0.1, 0.15) is 33.6 Å². The highest BCUT2D eigenvalue weighted by molar-refractivity contribution is 5.95. The molecule has 142 valence electrons. The van der Waals surface area contributed by atoms with Crippen LogP contribution in [0.5, 0.6) is 0 Å². The molecule has 8 heteroatoms. The normalized spacial score (nSPS) is 14.9. The largest absolute Gasteiger partial charge is 0.349 e. The van der Waals surface area contributed by atoms with Gasteiger partial charge >= 0.3 is 0 Å². The standard InChI is InChI=1S/C19H16F4N2O2/c20-12-3-1-2-11(10-12)18(26)24-13-6-8-25(9-7-13)19(27)14-4-5-15(21)17(23)16(14)22/h1-5,10,13H,6-9H2,(H,24,26). The summed E-state index contributed by atoms with van der Waals surface area (Å²) < 4.78 is 53.3. The van der Waals surface area contributed by atoms with Crippen molar-refractivity contribution in [2.75, 3.05) is 13.1 Å². The average molecular weight is 380 g/mol. The number of amides is 2. The third-order valence-electron chi connectivity index (χ3n) is 4.47. The second-order valence-corrected chi connectivity index (χ2v) is 6.27. The number of rotatable bonds is 3. The van der Waals surface area contributed by atoms with E-state index in [-0.39, 0.29) is 24.7 Å². The molecule has 1 saturated heterocycles. The average Bonchev–Trinajstić information content (AvgIpc) is 2.66. The first-order valence-electron chi connectivity index (χ1n) is 8.36. The van der Waals surface area contributed by atoms with E-state index in [1.165, 1.54) is 23.1 Å². The molecule has 1 fully saturated rings. The maximum atomic E-state index is 13.8. The van der Waals surface area contributed by atoms with Crippen molar-refractivity contribution >= 4 is 11.8 Å². The first kappa shape index (κ1) is 18.9. The molecule has 0 aromatic heterocycles. The van der Waals surface area contributed by atoms with Crippen molar-refractivity contribution in [1.29, 1.82) is 0 Å². The second-order valence-electron chi connectivity index (χ2n) is 6.27. The quantitative estimate of drug-likeness (QED) is 0.656. The number of likely N-dealkylation sites (tertiary alicyclic amines) is 1. The summed E-state index contributed by atoms with van der Waals surface area (Å²) in [6.45, 7) is 0.427. The minimum Gasteiger partial charge on any atom is -0.349 e. The molecule has 0 saturated carbocycles. The lowest BCUT2D eigenvalue weighted by Gasteiger charge is -2.32. The van der Waals surface area contributed by atoms with Crippen LogP contribution in [0.2, 0.25) is 0 Å². The van der Waals surface area contributed by atoms with E-state index in [2.05, 4.69) is 5.32 Å². The Morgan fingerprint density at radius 3 is 2.33 bits per heavy atom. The van der Waals surface area contributed by atoms with Crippen molar-refractivity contribution in [1.82, 2.24) is 10.2 Å². The van der Waals surface area contributed by atoms with Gasteiger partial charge in [-0.15, -0.1) is 0 Å². The van der Waals surface area contributed by atoms with Crippen LogP contribution in [-0.2, 0) is 0 Å². The summed E-state index contributed by atoms with van der Waals surface area (Å²) in [4.78, 5) is 25.8. The van der Waals surface area contributed by atoms with Crippen LogP contribution in [0.25, 0.3) is 0 Å². The fourth-order valence-electron chi connectivity index (χ4n) is 2.99. The van der Waals surface area contributed by atoms with E-state index in [0.29, 0.717) is 18.9 Å². The van der Waals surface area contributed by atoms with Crippen LogP contribution in [-0.4, -0.2) is 35.8 Å². The van der Waals surface area contributed by atoms with E-state index >= 15 is 0 Å². The molecule has 1 aliphatic heterocycles. The number of nitrogens with zero attached hydrogens (tertiary/aromatic N) is 1. The highest BCUT2D eigenvalue weighted by Crippen LogP contribution is 2.20. The van der Waals surface area contributed by atoms with Gasteiger partial charge in [0.15, 0.2) is 17.5 Å². The Labute approximate surface area is 152 Å². The summed E-state index contributed by atoms with van der Waals surface area (Å²) in [5, 5.41) is 2.76. The highest BCUT2D eigenvalue weighted by Gasteiger charge is 2.28. The van der Waals surface area contributed by atoms with Crippen LogP contribution in [0.3, 0.4) is 0 Å². The smallest absolute Gasteiger partial charge is 0.256 e. The molecule has 3 rings (SSSR count). The number of carbonyl (C=O) groups excluding carboxylic acids is 2. The molecule has 0 aliphatic carbocycles. The lowest BCUT2D eigenvalue weighted by molar-refractivity contribution is 0.0692. The van der Waals surface area contributed by atoms with Crippen LogP contribution in [0, 0.1) is 23.3 Å². The predicted octanol–water partition coefficient (Wildman–Crippen LogP) is 3.28. The zero-order valence-corrected chi connectivity index (χ0v) is 14.1. The number of benzene rings is 2. The molecule has 2 amide bonds. The Kier molecular flexibility index (Phi) is 5.43. The molecule has 1 heterocycles. The Balaban J connectivity index is 1.59. The number of nitrogens with one attached hydrogen (secondary N) is 1. The summed E-state index contributed by atoms with van der Waals surface area (Å²) in [5.74, 6) is -6.23. The molecular weight excluding hydrogens is 364 g/mol. The third-order valence-corrected chi connectivity index (χ3v) is 4.47.